The Morgan fingerprint density at radius 1 is 0.938 bits per heavy atom. The Kier molecular flexibility index (Phi) is 5.79. The van der Waals surface area contributed by atoms with Crippen LogP contribution in [0.5, 0.6) is 5.75 Å². The molecule has 0 bridgehead atoms. The maximum Gasteiger partial charge on any atom is 0.253 e. The van der Waals surface area contributed by atoms with Gasteiger partial charge in [-0.2, -0.15) is 5.10 Å². The van der Waals surface area contributed by atoms with Crippen LogP contribution in [0.1, 0.15) is 34.8 Å². The van der Waals surface area contributed by atoms with E-state index < -0.39 is 0 Å². The van der Waals surface area contributed by atoms with E-state index in [0.717, 1.165) is 41.0 Å². The molecule has 0 aliphatic carbocycles. The zero-order valence-corrected chi connectivity index (χ0v) is 17.8. The highest BCUT2D eigenvalue weighted by molar-refractivity contribution is 5.94. The van der Waals surface area contributed by atoms with Crippen molar-refractivity contribution in [2.75, 3.05) is 19.7 Å². The molecule has 7 heteroatoms. The smallest absolute Gasteiger partial charge is 0.253 e. The van der Waals surface area contributed by atoms with E-state index in [2.05, 4.69) is 9.97 Å². The highest BCUT2D eigenvalue weighted by Crippen LogP contribution is 2.31. The zero-order valence-electron chi connectivity index (χ0n) is 17.8. The molecular formula is C25H25N5O2. The van der Waals surface area contributed by atoms with Gasteiger partial charge < -0.3 is 9.64 Å². The number of hydrogen-bond donors (Lipinski definition) is 0. The van der Waals surface area contributed by atoms with Crippen LogP contribution < -0.4 is 4.74 Å². The van der Waals surface area contributed by atoms with Gasteiger partial charge in [0, 0.05) is 37.0 Å². The van der Waals surface area contributed by atoms with Crippen LogP contribution in [0.25, 0.3) is 11.2 Å². The number of para-hydroxylation sites is 1. The Hall–Kier alpha value is -3.74. The van der Waals surface area contributed by atoms with Crippen LogP contribution >= 0.6 is 0 Å². The molecular weight excluding hydrogens is 402 g/mol. The van der Waals surface area contributed by atoms with Gasteiger partial charge in [-0.15, -0.1) is 0 Å². The van der Waals surface area contributed by atoms with Crippen LogP contribution in [0, 0.1) is 0 Å². The van der Waals surface area contributed by atoms with E-state index in [1.54, 1.807) is 12.4 Å². The summed E-state index contributed by atoms with van der Waals surface area (Å²) in [5.41, 5.74) is 3.34. The second-order valence-electron chi connectivity index (χ2n) is 7.93. The van der Waals surface area contributed by atoms with Gasteiger partial charge >= 0.3 is 0 Å². The van der Waals surface area contributed by atoms with E-state index in [9.17, 15) is 4.79 Å². The van der Waals surface area contributed by atoms with E-state index in [1.807, 2.05) is 70.2 Å². The van der Waals surface area contributed by atoms with Crippen LogP contribution in [-0.4, -0.2) is 50.3 Å². The first kappa shape index (κ1) is 20.2. The molecule has 0 atom stereocenters. The molecule has 1 fully saturated rings. The molecule has 32 heavy (non-hydrogen) atoms. The molecule has 0 unspecified atom stereocenters. The molecule has 0 radical (unpaired) electrons. The summed E-state index contributed by atoms with van der Waals surface area (Å²) >= 11 is 0. The van der Waals surface area contributed by atoms with Crippen molar-refractivity contribution in [3.05, 3.63) is 84.3 Å². The quantitative estimate of drug-likeness (QED) is 0.466. The Balaban J connectivity index is 1.28. The second kappa shape index (κ2) is 9.18. The lowest BCUT2D eigenvalue weighted by molar-refractivity contribution is 0.0712. The Labute approximate surface area is 186 Å². The summed E-state index contributed by atoms with van der Waals surface area (Å²) in [4.78, 5) is 23.8. The molecule has 0 saturated carbocycles. The van der Waals surface area contributed by atoms with E-state index in [1.165, 1.54) is 0 Å². The van der Waals surface area contributed by atoms with Gasteiger partial charge in [0.15, 0.2) is 5.65 Å². The minimum Gasteiger partial charge on any atom is -0.492 e. The number of benzene rings is 2. The Morgan fingerprint density at radius 2 is 1.62 bits per heavy atom. The number of aromatic nitrogens is 4. The molecule has 0 N–H and O–H groups in total. The summed E-state index contributed by atoms with van der Waals surface area (Å²) in [6.45, 7) is 2.52. The van der Waals surface area contributed by atoms with E-state index >= 15 is 0 Å². The largest absolute Gasteiger partial charge is 0.492 e. The lowest BCUT2D eigenvalue weighted by Gasteiger charge is -2.31. The van der Waals surface area contributed by atoms with E-state index in [0.29, 0.717) is 26.2 Å². The number of carbonyl (C=O) groups is 1. The predicted molar refractivity (Wildman–Crippen MR) is 122 cm³/mol. The lowest BCUT2D eigenvalue weighted by atomic mass is 9.92. The number of carbonyl (C=O) groups excluding carboxylic acids is 1. The summed E-state index contributed by atoms with van der Waals surface area (Å²) < 4.78 is 7.73. The molecule has 0 spiro atoms. The second-order valence-corrected chi connectivity index (χ2v) is 7.93. The van der Waals surface area contributed by atoms with Crippen molar-refractivity contribution in [3.63, 3.8) is 0 Å². The molecule has 7 nitrogen and oxygen atoms in total. The van der Waals surface area contributed by atoms with Gasteiger partial charge in [-0.1, -0.05) is 36.4 Å². The highest BCUT2D eigenvalue weighted by Gasteiger charge is 2.28. The normalized spacial score (nSPS) is 14.6. The highest BCUT2D eigenvalue weighted by atomic mass is 16.5. The van der Waals surface area contributed by atoms with Crippen molar-refractivity contribution in [1.29, 1.82) is 0 Å². The van der Waals surface area contributed by atoms with Gasteiger partial charge in [-0.3, -0.25) is 4.79 Å². The number of hydrogen-bond acceptors (Lipinski definition) is 5. The fourth-order valence-corrected chi connectivity index (χ4v) is 4.24. The van der Waals surface area contributed by atoms with Crippen LogP contribution in [0.15, 0.2) is 73.1 Å². The van der Waals surface area contributed by atoms with Gasteiger partial charge in [-0.25, -0.2) is 14.6 Å². The number of rotatable bonds is 6. The Morgan fingerprint density at radius 3 is 2.38 bits per heavy atom. The standard InChI is InChI=1S/C25H25N5O2/c31-25(20-7-3-1-4-8-20)29-15-11-19(12-16-29)22-23-24(27-14-13-26-23)30(28-22)17-18-32-21-9-5-2-6-10-21/h1-10,13-14,19H,11-12,15-18H2. The van der Waals surface area contributed by atoms with Crippen LogP contribution in [0.3, 0.4) is 0 Å². The van der Waals surface area contributed by atoms with Crippen molar-refractivity contribution >= 4 is 17.1 Å². The molecule has 2 aromatic carbocycles. The van der Waals surface area contributed by atoms with Crippen molar-refractivity contribution in [2.24, 2.45) is 0 Å². The van der Waals surface area contributed by atoms with Crippen molar-refractivity contribution in [2.45, 2.75) is 25.3 Å². The molecule has 3 heterocycles. The fourth-order valence-electron chi connectivity index (χ4n) is 4.24. The van der Waals surface area contributed by atoms with Gasteiger partial charge in [0.1, 0.15) is 17.9 Å². The van der Waals surface area contributed by atoms with E-state index in [-0.39, 0.29) is 11.8 Å². The maximum atomic E-state index is 12.8. The number of ether oxygens (including phenoxy) is 1. The van der Waals surface area contributed by atoms with Gasteiger partial charge in [0.25, 0.3) is 5.91 Å². The number of nitrogens with zero attached hydrogens (tertiary/aromatic N) is 5. The number of fused-ring (bicyclic) bond motifs is 1. The van der Waals surface area contributed by atoms with Gasteiger partial charge in [-0.05, 0) is 37.1 Å². The molecule has 1 aliphatic rings. The third-order valence-electron chi connectivity index (χ3n) is 5.90. The fraction of sp³-hybridized carbons (Fsp3) is 0.280. The van der Waals surface area contributed by atoms with Crippen LogP contribution in [0.2, 0.25) is 0 Å². The average Bonchev–Trinajstić information content (AvgIpc) is 3.24. The molecule has 2 aromatic heterocycles. The third-order valence-corrected chi connectivity index (χ3v) is 5.90. The topological polar surface area (TPSA) is 73.1 Å². The minimum absolute atomic E-state index is 0.0947. The molecule has 4 aromatic rings. The summed E-state index contributed by atoms with van der Waals surface area (Å²) in [7, 11) is 0. The van der Waals surface area contributed by atoms with Crippen molar-refractivity contribution < 1.29 is 9.53 Å². The van der Waals surface area contributed by atoms with Crippen LogP contribution in [0.4, 0.5) is 0 Å². The molecule has 1 saturated heterocycles. The first-order valence-electron chi connectivity index (χ1n) is 11.0. The SMILES string of the molecule is O=C(c1ccccc1)N1CCC(c2nn(CCOc3ccccc3)c3nccnc23)CC1. The minimum atomic E-state index is 0.0947. The Bertz CT molecular complexity index is 1180. The number of amides is 1. The zero-order chi connectivity index (χ0) is 21.8. The lowest BCUT2D eigenvalue weighted by Crippen LogP contribution is -2.38. The molecule has 1 amide bonds. The summed E-state index contributed by atoms with van der Waals surface area (Å²) in [5, 5.41) is 4.88. The number of likely N-dealkylation sites (tertiary alicyclic amines) is 1. The van der Waals surface area contributed by atoms with Crippen molar-refractivity contribution in [3.8, 4) is 5.75 Å². The maximum absolute atomic E-state index is 12.8. The van der Waals surface area contributed by atoms with Gasteiger partial charge in [0.05, 0.1) is 12.2 Å². The third kappa shape index (κ3) is 4.19. The van der Waals surface area contributed by atoms with Crippen molar-refractivity contribution in [1.82, 2.24) is 24.6 Å². The monoisotopic (exact) mass is 427 g/mol. The van der Waals surface area contributed by atoms with Crippen LogP contribution in [-0.2, 0) is 6.54 Å². The summed E-state index contributed by atoms with van der Waals surface area (Å²) in [6, 6.07) is 19.2. The first-order valence-corrected chi connectivity index (χ1v) is 11.0. The molecule has 1 aliphatic heterocycles. The summed E-state index contributed by atoms with van der Waals surface area (Å²) in [5.74, 6) is 1.19. The summed E-state index contributed by atoms with van der Waals surface area (Å²) in [6.07, 6.45) is 5.14. The molecule has 5 rings (SSSR count). The van der Waals surface area contributed by atoms with E-state index in [4.69, 9.17) is 9.84 Å². The average molecular weight is 428 g/mol. The number of piperidine rings is 1. The van der Waals surface area contributed by atoms with Gasteiger partial charge in [0.2, 0.25) is 0 Å². The molecule has 162 valence electrons. The first-order chi connectivity index (χ1) is 15.8. The predicted octanol–water partition coefficient (Wildman–Crippen LogP) is 3.93.